The summed E-state index contributed by atoms with van der Waals surface area (Å²) in [4.78, 5) is 22.1. The van der Waals surface area contributed by atoms with Gasteiger partial charge in [-0.1, -0.05) is 20.8 Å². The molecule has 14 heteroatoms. The minimum Gasteiger partial charge on any atom is -0.444 e. The Morgan fingerprint density at radius 1 is 1.10 bits per heavy atom. The molecule has 1 N–H and O–H groups in total. The number of nitriles is 1. The van der Waals surface area contributed by atoms with Gasteiger partial charge in [-0.25, -0.2) is 13.6 Å². The zero-order valence-corrected chi connectivity index (χ0v) is 30.4. The third kappa shape index (κ3) is 7.14. The number of nitrogens with one attached hydrogen (secondary N) is 1. The molecular formula is C34H40F3N5O4SSi. The van der Waals surface area contributed by atoms with Gasteiger partial charge in [0.1, 0.15) is 22.8 Å². The molecule has 1 fully saturated rings. The molecule has 0 bridgehead atoms. The van der Waals surface area contributed by atoms with Gasteiger partial charge in [0.2, 0.25) is 0 Å². The van der Waals surface area contributed by atoms with Crippen molar-refractivity contribution in [3.05, 3.63) is 47.5 Å². The highest BCUT2D eigenvalue weighted by Crippen LogP contribution is 2.44. The first kappa shape index (κ1) is 35.5. The highest BCUT2D eigenvalue weighted by molar-refractivity contribution is 7.23. The number of carbonyl (C=O) groups excluding carboxylic acids is 1. The molecule has 0 spiro atoms. The lowest BCUT2D eigenvalue weighted by Crippen LogP contribution is -2.54. The average Bonchev–Trinajstić information content (AvgIpc) is 3.25. The molecule has 0 saturated carbocycles. The number of nitrogens with zero attached hydrogens (tertiary/aromatic N) is 4. The summed E-state index contributed by atoms with van der Waals surface area (Å²) in [6, 6.07) is 7.50. The van der Waals surface area contributed by atoms with Gasteiger partial charge in [0.05, 0.1) is 35.4 Å². The van der Waals surface area contributed by atoms with Crippen molar-refractivity contribution < 1.29 is 31.9 Å². The first-order valence-corrected chi connectivity index (χ1v) is 19.3. The lowest BCUT2D eigenvalue weighted by atomic mass is 9.94. The normalized spacial score (nSPS) is 17.8. The summed E-state index contributed by atoms with van der Waals surface area (Å²) in [6.07, 6.45) is -1.89. The van der Waals surface area contributed by atoms with Crippen LogP contribution in [0.2, 0.25) is 18.1 Å². The molecule has 1 saturated heterocycles. The lowest BCUT2D eigenvalue weighted by Gasteiger charge is -2.44. The molecule has 3 heterocycles. The van der Waals surface area contributed by atoms with E-state index >= 15 is 13.2 Å². The third-order valence-electron chi connectivity index (χ3n) is 8.57. The minimum absolute atomic E-state index is 0.0769. The van der Waals surface area contributed by atoms with E-state index in [0.717, 1.165) is 17.4 Å². The van der Waals surface area contributed by atoms with Crippen molar-refractivity contribution in [1.29, 1.82) is 5.26 Å². The Balaban J connectivity index is 1.63. The van der Waals surface area contributed by atoms with Crippen molar-refractivity contribution in [2.24, 2.45) is 0 Å². The van der Waals surface area contributed by atoms with Crippen LogP contribution in [0, 0.1) is 29.0 Å². The maximum Gasteiger partial charge on any atom is 0.412 e. The molecular weight excluding hydrogens is 660 g/mol. The lowest BCUT2D eigenvalue weighted by molar-refractivity contribution is -0.00296. The van der Waals surface area contributed by atoms with Crippen LogP contribution in [0.25, 0.3) is 32.1 Å². The molecule has 0 unspecified atom stereocenters. The fourth-order valence-corrected chi connectivity index (χ4v) is 8.18. The van der Waals surface area contributed by atoms with Gasteiger partial charge in [-0.2, -0.15) is 19.6 Å². The number of carbonyl (C=O) groups is 1. The van der Waals surface area contributed by atoms with Crippen LogP contribution in [0.3, 0.4) is 0 Å². The van der Waals surface area contributed by atoms with E-state index in [-0.39, 0.29) is 58.1 Å². The molecule has 9 nitrogen and oxygen atoms in total. The second-order valence-corrected chi connectivity index (χ2v) is 20.6. The first-order valence-electron chi connectivity index (χ1n) is 15.6. The molecule has 1 amide bonds. The summed E-state index contributed by atoms with van der Waals surface area (Å²) in [6.45, 7) is 18.9. The number of hydrogen-bond acceptors (Lipinski definition) is 9. The van der Waals surface area contributed by atoms with Gasteiger partial charge in [-0.3, -0.25) is 5.32 Å². The van der Waals surface area contributed by atoms with Gasteiger partial charge in [0, 0.05) is 39.7 Å². The fraction of sp³-hybridized carbons (Fsp3) is 0.471. The van der Waals surface area contributed by atoms with Crippen molar-refractivity contribution >= 4 is 57.6 Å². The number of amides is 1. The van der Waals surface area contributed by atoms with Crippen LogP contribution in [0.15, 0.2) is 24.3 Å². The van der Waals surface area contributed by atoms with Gasteiger partial charge < -0.3 is 18.8 Å². The molecule has 4 aromatic rings. The molecule has 1 aliphatic heterocycles. The standard InChI is InChI=1S/C34H40F3N5O4SSi/c1-32(2,3)45-31(43)39-24-15-20-23(47-24)11-10-22(35)26(20)25-19(16-38)14-21-28(27(25)36)40-30(37)41-29(21)42-12-13-44-18-34(7,17-42)46-48(8,9)33(4,5)6/h10-11,14-15H,12-13,17-18H2,1-9H3,(H,39,43)/t34-/m0/s1. The topological polar surface area (TPSA) is 110 Å². The summed E-state index contributed by atoms with van der Waals surface area (Å²) < 4.78 is 66.1. The molecule has 0 aliphatic carbocycles. The van der Waals surface area contributed by atoms with Crippen LogP contribution in [-0.4, -0.2) is 61.9 Å². The van der Waals surface area contributed by atoms with Crippen LogP contribution in [0.4, 0.5) is 28.8 Å². The monoisotopic (exact) mass is 699 g/mol. The van der Waals surface area contributed by atoms with E-state index < -0.39 is 48.8 Å². The number of hydrogen-bond donors (Lipinski definition) is 1. The maximum atomic E-state index is 16.7. The van der Waals surface area contributed by atoms with Gasteiger partial charge in [-0.05, 0) is 70.1 Å². The zero-order valence-electron chi connectivity index (χ0n) is 28.6. The van der Waals surface area contributed by atoms with Crippen molar-refractivity contribution in [1.82, 2.24) is 9.97 Å². The van der Waals surface area contributed by atoms with Gasteiger partial charge in [0.25, 0.3) is 0 Å². The average molecular weight is 700 g/mol. The second kappa shape index (κ2) is 12.6. The molecule has 5 rings (SSSR count). The molecule has 0 radical (unpaired) electrons. The molecule has 256 valence electrons. The number of aromatic nitrogens is 2. The van der Waals surface area contributed by atoms with E-state index in [9.17, 15) is 10.1 Å². The third-order valence-corrected chi connectivity index (χ3v) is 14.2. The number of benzene rings is 2. The van der Waals surface area contributed by atoms with Crippen LogP contribution < -0.4 is 10.2 Å². The minimum atomic E-state index is -2.28. The fourth-order valence-electron chi connectivity index (χ4n) is 5.57. The van der Waals surface area contributed by atoms with Crippen LogP contribution in [0.5, 0.6) is 0 Å². The Morgan fingerprint density at radius 3 is 2.46 bits per heavy atom. The zero-order chi connectivity index (χ0) is 35.4. The van der Waals surface area contributed by atoms with E-state index in [1.165, 1.54) is 18.2 Å². The quantitative estimate of drug-likeness (QED) is 0.163. The smallest absolute Gasteiger partial charge is 0.412 e. The Labute approximate surface area is 283 Å². The van der Waals surface area contributed by atoms with Crippen molar-refractivity contribution in [2.45, 2.75) is 77.8 Å². The number of fused-ring (bicyclic) bond motifs is 2. The van der Waals surface area contributed by atoms with Crippen molar-refractivity contribution in [3.63, 3.8) is 0 Å². The molecule has 1 atom stereocenters. The van der Waals surface area contributed by atoms with Gasteiger partial charge in [-0.15, -0.1) is 11.3 Å². The van der Waals surface area contributed by atoms with Crippen LogP contribution in [-0.2, 0) is 13.9 Å². The number of halogens is 3. The Bertz CT molecular complexity index is 1950. The molecule has 48 heavy (non-hydrogen) atoms. The van der Waals surface area contributed by atoms with Crippen LogP contribution >= 0.6 is 11.3 Å². The predicted molar refractivity (Wildman–Crippen MR) is 185 cm³/mol. The van der Waals surface area contributed by atoms with Gasteiger partial charge in [0.15, 0.2) is 14.1 Å². The first-order chi connectivity index (χ1) is 22.2. The molecule has 2 aromatic carbocycles. The Morgan fingerprint density at radius 2 is 1.81 bits per heavy atom. The summed E-state index contributed by atoms with van der Waals surface area (Å²) in [5.41, 5.74) is -2.72. The van der Waals surface area contributed by atoms with Crippen molar-refractivity contribution in [2.75, 3.05) is 36.5 Å². The summed E-state index contributed by atoms with van der Waals surface area (Å²) in [5.74, 6) is -1.80. The Kier molecular flexibility index (Phi) is 9.32. The SMILES string of the molecule is CC(C)(C)OC(=O)Nc1cc2c(-c3c(C#N)cc4c(N5CCOC[C@@](C)(O[Si](C)(C)C(C)(C)C)C5)nc(F)nc4c3F)c(F)ccc2s1. The largest absolute Gasteiger partial charge is 0.444 e. The maximum absolute atomic E-state index is 16.7. The molecule has 1 aliphatic rings. The predicted octanol–water partition coefficient (Wildman–Crippen LogP) is 8.76. The highest BCUT2D eigenvalue weighted by Gasteiger charge is 2.45. The summed E-state index contributed by atoms with van der Waals surface area (Å²) >= 11 is 1.13. The number of ether oxygens (including phenoxy) is 2. The van der Waals surface area contributed by atoms with E-state index in [2.05, 4.69) is 49.1 Å². The number of rotatable bonds is 5. The van der Waals surface area contributed by atoms with E-state index in [1.807, 2.05) is 13.0 Å². The van der Waals surface area contributed by atoms with E-state index in [4.69, 9.17) is 13.9 Å². The van der Waals surface area contributed by atoms with Gasteiger partial charge >= 0.3 is 12.2 Å². The number of thiophene rings is 1. The molecule has 2 aromatic heterocycles. The number of anilines is 2. The van der Waals surface area contributed by atoms with Crippen LogP contribution in [0.1, 0.15) is 54.0 Å². The Hall–Kier alpha value is -3.77. The van der Waals surface area contributed by atoms with E-state index in [1.54, 1.807) is 25.7 Å². The summed E-state index contributed by atoms with van der Waals surface area (Å²) in [7, 11) is -2.28. The highest BCUT2D eigenvalue weighted by atomic mass is 32.1. The van der Waals surface area contributed by atoms with Crippen molar-refractivity contribution in [3.8, 4) is 17.2 Å². The summed E-state index contributed by atoms with van der Waals surface area (Å²) in [5, 5.41) is 13.5. The second-order valence-electron chi connectivity index (χ2n) is 14.8. The van der Waals surface area contributed by atoms with E-state index in [0.29, 0.717) is 16.2 Å².